The first-order valence-corrected chi connectivity index (χ1v) is 13.0. The van der Waals surface area contributed by atoms with Gasteiger partial charge in [-0.1, -0.05) is 19.1 Å². The van der Waals surface area contributed by atoms with Crippen LogP contribution in [0.5, 0.6) is 5.75 Å². The van der Waals surface area contributed by atoms with Crippen molar-refractivity contribution in [3.8, 4) is 5.75 Å². The molecule has 2 aromatic rings. The Morgan fingerprint density at radius 3 is 2.54 bits per heavy atom. The first kappa shape index (κ1) is 25.4. The standard InChI is InChI=1S/C23H27F3N4O4S/c1-2-9-35(32,33)20-10-21(30-8-7-27-12-22(30)31)28-11-19(20)34-18-14-29(15-18)13-16-3-5-17(6-4-16)23(24,25)26/h3-6,10-11,18,27H,2,7-9,12-15H2,1H3. The SMILES string of the molecule is CCCS(=O)(=O)c1cc(N2CCNCC2=O)ncc1OC1CN(Cc2ccc(C(F)(F)F)cc2)C1. The summed E-state index contributed by atoms with van der Waals surface area (Å²) in [6.07, 6.45) is -2.87. The number of carbonyl (C=O) groups is 1. The molecule has 3 heterocycles. The number of anilines is 1. The molecular formula is C23H27F3N4O4S. The fraction of sp³-hybridized carbons (Fsp3) is 0.478. The van der Waals surface area contributed by atoms with E-state index in [2.05, 4.69) is 10.3 Å². The average Bonchev–Trinajstić information content (AvgIpc) is 2.78. The minimum absolute atomic E-state index is 0.0110. The molecule has 4 rings (SSSR count). The van der Waals surface area contributed by atoms with E-state index in [1.165, 1.54) is 29.3 Å². The highest BCUT2D eigenvalue weighted by molar-refractivity contribution is 7.91. The van der Waals surface area contributed by atoms with E-state index in [0.29, 0.717) is 39.1 Å². The fourth-order valence-corrected chi connectivity index (χ4v) is 5.53. The highest BCUT2D eigenvalue weighted by Crippen LogP contribution is 2.32. The van der Waals surface area contributed by atoms with Crippen LogP contribution in [-0.4, -0.2) is 68.8 Å². The van der Waals surface area contributed by atoms with Crippen molar-refractivity contribution in [2.45, 2.75) is 37.1 Å². The second-order valence-corrected chi connectivity index (χ2v) is 10.7. The number of sulfone groups is 1. The van der Waals surface area contributed by atoms with Gasteiger partial charge in [-0.15, -0.1) is 0 Å². The van der Waals surface area contributed by atoms with Gasteiger partial charge in [0.05, 0.1) is 24.1 Å². The van der Waals surface area contributed by atoms with Crippen LogP contribution in [0.25, 0.3) is 0 Å². The summed E-state index contributed by atoms with van der Waals surface area (Å²) >= 11 is 0. The molecule has 1 aromatic heterocycles. The van der Waals surface area contributed by atoms with E-state index >= 15 is 0 Å². The normalized spacial score (nSPS) is 17.9. The monoisotopic (exact) mass is 512 g/mol. The molecule has 1 aromatic carbocycles. The van der Waals surface area contributed by atoms with Crippen molar-refractivity contribution in [3.05, 3.63) is 47.7 Å². The highest BCUT2D eigenvalue weighted by Gasteiger charge is 2.33. The Morgan fingerprint density at radius 2 is 1.91 bits per heavy atom. The molecule has 1 amide bonds. The van der Waals surface area contributed by atoms with Crippen molar-refractivity contribution in [2.24, 2.45) is 0 Å². The summed E-state index contributed by atoms with van der Waals surface area (Å²) in [5.74, 6) is 0.168. The number of ether oxygens (including phenoxy) is 1. The van der Waals surface area contributed by atoms with Crippen molar-refractivity contribution < 1.29 is 31.1 Å². The number of alkyl halides is 3. The Morgan fingerprint density at radius 1 is 1.20 bits per heavy atom. The first-order chi connectivity index (χ1) is 16.6. The van der Waals surface area contributed by atoms with Gasteiger partial charge in [-0.3, -0.25) is 14.6 Å². The molecule has 8 nitrogen and oxygen atoms in total. The number of carbonyl (C=O) groups excluding carboxylic acids is 1. The van der Waals surface area contributed by atoms with Gasteiger partial charge in [-0.25, -0.2) is 13.4 Å². The Kier molecular flexibility index (Phi) is 7.34. The molecule has 0 radical (unpaired) electrons. The van der Waals surface area contributed by atoms with Gasteiger partial charge in [0, 0.05) is 38.8 Å². The smallest absolute Gasteiger partial charge is 0.416 e. The van der Waals surface area contributed by atoms with Crippen LogP contribution in [-0.2, 0) is 27.4 Å². The molecule has 0 spiro atoms. The van der Waals surface area contributed by atoms with Crippen LogP contribution in [0.15, 0.2) is 41.4 Å². The van der Waals surface area contributed by atoms with Crippen LogP contribution in [0.1, 0.15) is 24.5 Å². The number of amides is 1. The molecule has 0 aliphatic carbocycles. The highest BCUT2D eigenvalue weighted by atomic mass is 32.2. The predicted molar refractivity (Wildman–Crippen MR) is 123 cm³/mol. The minimum atomic E-state index is -4.37. The van der Waals surface area contributed by atoms with E-state index in [0.717, 1.165) is 17.7 Å². The second kappa shape index (κ2) is 10.1. The predicted octanol–water partition coefficient (Wildman–Crippen LogP) is 2.48. The maximum atomic E-state index is 12.9. The number of likely N-dealkylation sites (tertiary alicyclic amines) is 1. The molecule has 2 saturated heterocycles. The Hall–Kier alpha value is -2.70. The Bertz CT molecular complexity index is 1170. The maximum absolute atomic E-state index is 12.9. The number of hydrogen-bond donors (Lipinski definition) is 1. The van der Waals surface area contributed by atoms with Gasteiger partial charge in [0.15, 0.2) is 15.6 Å². The van der Waals surface area contributed by atoms with Crippen molar-refractivity contribution in [1.82, 2.24) is 15.2 Å². The van der Waals surface area contributed by atoms with Crippen molar-refractivity contribution in [1.29, 1.82) is 0 Å². The molecular weight excluding hydrogens is 485 g/mol. The molecule has 0 unspecified atom stereocenters. The summed E-state index contributed by atoms with van der Waals surface area (Å²) in [6, 6.07) is 6.43. The van der Waals surface area contributed by atoms with Crippen LogP contribution in [0.2, 0.25) is 0 Å². The van der Waals surface area contributed by atoms with E-state index < -0.39 is 21.6 Å². The Balaban J connectivity index is 1.44. The summed E-state index contributed by atoms with van der Waals surface area (Å²) in [7, 11) is -3.65. The number of hydrogen-bond acceptors (Lipinski definition) is 7. The van der Waals surface area contributed by atoms with Gasteiger partial charge in [0.25, 0.3) is 0 Å². The number of halogens is 3. The van der Waals surface area contributed by atoms with Crippen LogP contribution in [0.4, 0.5) is 19.0 Å². The number of nitrogens with one attached hydrogen (secondary N) is 1. The zero-order valence-electron chi connectivity index (χ0n) is 19.2. The van der Waals surface area contributed by atoms with Gasteiger partial charge in [-0.05, 0) is 24.1 Å². The maximum Gasteiger partial charge on any atom is 0.416 e. The van der Waals surface area contributed by atoms with E-state index in [-0.39, 0.29) is 40.8 Å². The van der Waals surface area contributed by atoms with Crippen molar-refractivity contribution in [2.75, 3.05) is 43.4 Å². The molecule has 0 bridgehead atoms. The third kappa shape index (κ3) is 5.93. The second-order valence-electron chi connectivity index (χ2n) is 8.66. The summed E-state index contributed by atoms with van der Waals surface area (Å²) < 4.78 is 70.1. The largest absolute Gasteiger partial charge is 0.485 e. The molecule has 2 aliphatic rings. The Labute approximate surface area is 202 Å². The van der Waals surface area contributed by atoms with E-state index in [4.69, 9.17) is 4.74 Å². The lowest BCUT2D eigenvalue weighted by Gasteiger charge is -2.39. The number of benzene rings is 1. The topological polar surface area (TPSA) is 91.8 Å². The summed E-state index contributed by atoms with van der Waals surface area (Å²) in [6.45, 7) is 4.35. The third-order valence-corrected chi connectivity index (χ3v) is 7.83. The van der Waals surface area contributed by atoms with Crippen molar-refractivity contribution in [3.63, 3.8) is 0 Å². The number of nitrogens with zero attached hydrogens (tertiary/aromatic N) is 3. The number of rotatable bonds is 8. The zero-order chi connectivity index (χ0) is 25.2. The summed E-state index contributed by atoms with van der Waals surface area (Å²) in [4.78, 5) is 20.0. The molecule has 0 atom stereocenters. The lowest BCUT2D eigenvalue weighted by Crippen LogP contribution is -2.53. The molecule has 12 heteroatoms. The quantitative estimate of drug-likeness (QED) is 0.581. The summed E-state index contributed by atoms with van der Waals surface area (Å²) in [5.41, 5.74) is 0.0553. The zero-order valence-corrected chi connectivity index (χ0v) is 20.0. The van der Waals surface area contributed by atoms with E-state index in [1.807, 2.05) is 4.90 Å². The van der Waals surface area contributed by atoms with Gasteiger partial charge in [0.2, 0.25) is 5.91 Å². The van der Waals surface area contributed by atoms with Crippen molar-refractivity contribution >= 4 is 21.6 Å². The fourth-order valence-electron chi connectivity index (χ4n) is 4.08. The lowest BCUT2D eigenvalue weighted by molar-refractivity contribution is -0.137. The van der Waals surface area contributed by atoms with E-state index in [1.54, 1.807) is 6.92 Å². The van der Waals surface area contributed by atoms with Gasteiger partial charge < -0.3 is 10.1 Å². The van der Waals surface area contributed by atoms with Gasteiger partial charge >= 0.3 is 6.18 Å². The number of aromatic nitrogens is 1. The van der Waals surface area contributed by atoms with Crippen LogP contribution in [0, 0.1) is 0 Å². The van der Waals surface area contributed by atoms with Crippen LogP contribution >= 0.6 is 0 Å². The van der Waals surface area contributed by atoms with Gasteiger partial charge in [0.1, 0.15) is 16.8 Å². The molecule has 2 aliphatic heterocycles. The van der Waals surface area contributed by atoms with Gasteiger partial charge in [-0.2, -0.15) is 13.2 Å². The minimum Gasteiger partial charge on any atom is -0.485 e. The number of piperazine rings is 1. The molecule has 0 saturated carbocycles. The van der Waals surface area contributed by atoms with E-state index in [9.17, 15) is 26.4 Å². The average molecular weight is 513 g/mol. The molecule has 1 N–H and O–H groups in total. The molecule has 2 fully saturated rings. The lowest BCUT2D eigenvalue weighted by atomic mass is 10.1. The molecule has 35 heavy (non-hydrogen) atoms. The van der Waals surface area contributed by atoms with Crippen LogP contribution < -0.4 is 15.0 Å². The summed E-state index contributed by atoms with van der Waals surface area (Å²) in [5, 5.41) is 2.97. The third-order valence-electron chi connectivity index (χ3n) is 5.90. The molecule has 190 valence electrons. The first-order valence-electron chi connectivity index (χ1n) is 11.4. The van der Waals surface area contributed by atoms with Crippen LogP contribution in [0.3, 0.4) is 0 Å². The number of pyridine rings is 1.